The number of carbonyl (C=O) groups excluding carboxylic acids is 2. The van der Waals surface area contributed by atoms with E-state index in [0.29, 0.717) is 32.0 Å². The Labute approximate surface area is 343 Å². The number of esters is 2. The van der Waals surface area contributed by atoms with Gasteiger partial charge in [0.2, 0.25) is 0 Å². The minimum absolute atomic E-state index is 0.00402. The van der Waals surface area contributed by atoms with Crippen molar-refractivity contribution in [3.63, 3.8) is 0 Å². The van der Waals surface area contributed by atoms with E-state index < -0.39 is 0 Å². The van der Waals surface area contributed by atoms with Crippen molar-refractivity contribution in [2.24, 2.45) is 11.3 Å². The molecule has 0 saturated carbocycles. The Morgan fingerprint density at radius 3 is 1.38 bits per heavy atom. The van der Waals surface area contributed by atoms with Gasteiger partial charge in [-0.2, -0.15) is 0 Å². The number of nitrogens with zero attached hydrogens (tertiary/aromatic N) is 1. The number of aliphatic hydroxyl groups is 1. The van der Waals surface area contributed by atoms with Crippen molar-refractivity contribution >= 4 is 11.9 Å². The minimum Gasteiger partial charge on any atom is -0.466 e. The van der Waals surface area contributed by atoms with Crippen LogP contribution < -0.4 is 0 Å². The van der Waals surface area contributed by atoms with Gasteiger partial charge in [-0.3, -0.25) is 9.59 Å². The lowest BCUT2D eigenvalue weighted by molar-refractivity contribution is -0.146. The maximum Gasteiger partial charge on any atom is 0.305 e. The Kier molecular flexibility index (Phi) is 40.2. The van der Waals surface area contributed by atoms with Gasteiger partial charge in [-0.25, -0.2) is 0 Å². The molecule has 0 rings (SSSR count). The van der Waals surface area contributed by atoms with Crippen LogP contribution in [0.3, 0.4) is 0 Å². The van der Waals surface area contributed by atoms with Crippen LogP contribution in [0.4, 0.5) is 0 Å². The average molecular weight is 780 g/mol. The molecule has 328 valence electrons. The lowest BCUT2D eigenvalue weighted by atomic mass is 9.84. The van der Waals surface area contributed by atoms with Crippen molar-refractivity contribution in [1.82, 2.24) is 4.90 Å². The van der Waals surface area contributed by atoms with Gasteiger partial charge in [-0.15, -0.1) is 0 Å². The molecule has 0 amide bonds. The van der Waals surface area contributed by atoms with E-state index in [4.69, 9.17) is 9.47 Å². The standard InChI is InChI=1S/C49H97NO5/c1-6-9-12-15-18-19-23-28-36-47(52)54-44-39-49(4,5)38-30-32-41-50(42-33-43-51)40-31-25-20-24-29-37-48(53)55-45-46(34-26-21-16-13-10-7-2)35-27-22-17-14-11-8-3/h46,51H,6-45H2,1-5H3. The third kappa shape index (κ3) is 39.5. The molecule has 0 unspecified atom stereocenters. The van der Waals surface area contributed by atoms with Gasteiger partial charge in [0.05, 0.1) is 13.2 Å². The molecular formula is C49H97NO5. The van der Waals surface area contributed by atoms with E-state index in [1.54, 1.807) is 0 Å². The molecule has 0 aliphatic rings. The van der Waals surface area contributed by atoms with E-state index in [0.717, 1.165) is 77.4 Å². The Bertz CT molecular complexity index is 801. The molecule has 0 aliphatic carbocycles. The summed E-state index contributed by atoms with van der Waals surface area (Å²) in [6.07, 6.45) is 40.1. The van der Waals surface area contributed by atoms with Crippen LogP contribution in [-0.4, -0.2) is 61.4 Å². The summed E-state index contributed by atoms with van der Waals surface area (Å²) >= 11 is 0. The van der Waals surface area contributed by atoms with E-state index in [1.807, 2.05) is 0 Å². The second kappa shape index (κ2) is 41.0. The van der Waals surface area contributed by atoms with Gasteiger partial charge in [0.15, 0.2) is 0 Å². The van der Waals surface area contributed by atoms with E-state index in [-0.39, 0.29) is 24.0 Å². The molecule has 0 heterocycles. The molecule has 1 N–H and O–H groups in total. The molecule has 0 saturated heterocycles. The summed E-state index contributed by atoms with van der Waals surface area (Å²) in [7, 11) is 0. The van der Waals surface area contributed by atoms with Crippen LogP contribution in [0.2, 0.25) is 0 Å². The van der Waals surface area contributed by atoms with Gasteiger partial charge in [-0.05, 0) is 82.2 Å². The lowest BCUT2D eigenvalue weighted by Crippen LogP contribution is -2.28. The molecule has 0 atom stereocenters. The summed E-state index contributed by atoms with van der Waals surface area (Å²) in [5.41, 5.74) is 0.171. The summed E-state index contributed by atoms with van der Waals surface area (Å²) < 4.78 is 11.4. The number of aliphatic hydroxyl groups excluding tert-OH is 1. The van der Waals surface area contributed by atoms with Crippen LogP contribution in [0.5, 0.6) is 0 Å². The highest BCUT2D eigenvalue weighted by Gasteiger charge is 2.19. The van der Waals surface area contributed by atoms with Gasteiger partial charge in [-0.1, -0.05) is 182 Å². The Balaban J connectivity index is 4.15. The van der Waals surface area contributed by atoms with Gasteiger partial charge < -0.3 is 19.5 Å². The quantitative estimate of drug-likeness (QED) is 0.0490. The molecular weight excluding hydrogens is 683 g/mol. The zero-order valence-corrected chi connectivity index (χ0v) is 37.9. The number of hydrogen-bond donors (Lipinski definition) is 1. The van der Waals surface area contributed by atoms with Crippen molar-refractivity contribution in [1.29, 1.82) is 0 Å². The molecule has 0 fully saturated rings. The summed E-state index contributed by atoms with van der Waals surface area (Å²) in [5, 5.41) is 9.45. The smallest absolute Gasteiger partial charge is 0.305 e. The van der Waals surface area contributed by atoms with Gasteiger partial charge >= 0.3 is 11.9 Å². The molecule has 0 radical (unpaired) electrons. The third-order valence-corrected chi connectivity index (χ3v) is 11.8. The van der Waals surface area contributed by atoms with E-state index in [2.05, 4.69) is 39.5 Å². The molecule has 55 heavy (non-hydrogen) atoms. The Morgan fingerprint density at radius 1 is 0.491 bits per heavy atom. The Hall–Kier alpha value is -1.14. The van der Waals surface area contributed by atoms with Crippen molar-refractivity contribution in [2.45, 2.75) is 253 Å². The van der Waals surface area contributed by atoms with Gasteiger partial charge in [0.1, 0.15) is 0 Å². The largest absolute Gasteiger partial charge is 0.466 e. The second-order valence-corrected chi connectivity index (χ2v) is 17.9. The molecule has 0 aromatic heterocycles. The monoisotopic (exact) mass is 780 g/mol. The average Bonchev–Trinajstić information content (AvgIpc) is 3.17. The normalized spacial score (nSPS) is 11.9. The van der Waals surface area contributed by atoms with Crippen LogP contribution in [0.1, 0.15) is 253 Å². The molecule has 0 bridgehead atoms. The minimum atomic E-state index is -0.0276. The zero-order chi connectivity index (χ0) is 40.5. The van der Waals surface area contributed by atoms with Crippen molar-refractivity contribution in [2.75, 3.05) is 39.5 Å². The van der Waals surface area contributed by atoms with E-state index >= 15 is 0 Å². The topological polar surface area (TPSA) is 76.1 Å². The SMILES string of the molecule is CCCCCCCCCCC(=O)OCCC(C)(C)CCCCN(CCCO)CCCCCCCC(=O)OCC(CCCCCCCC)CCCCCCCC. The first-order valence-corrected chi connectivity index (χ1v) is 24.4. The Morgan fingerprint density at radius 2 is 0.891 bits per heavy atom. The predicted molar refractivity (Wildman–Crippen MR) is 237 cm³/mol. The number of unbranched alkanes of at least 4 members (excludes halogenated alkanes) is 22. The van der Waals surface area contributed by atoms with Crippen molar-refractivity contribution < 1.29 is 24.2 Å². The summed E-state index contributed by atoms with van der Waals surface area (Å²) in [4.78, 5) is 27.3. The fraction of sp³-hybridized carbons (Fsp3) is 0.959. The highest BCUT2D eigenvalue weighted by atomic mass is 16.5. The van der Waals surface area contributed by atoms with Crippen LogP contribution >= 0.6 is 0 Å². The first-order valence-electron chi connectivity index (χ1n) is 24.4. The highest BCUT2D eigenvalue weighted by Crippen LogP contribution is 2.28. The second-order valence-electron chi connectivity index (χ2n) is 17.9. The first-order chi connectivity index (χ1) is 26.8. The fourth-order valence-electron chi connectivity index (χ4n) is 7.77. The highest BCUT2D eigenvalue weighted by molar-refractivity contribution is 5.69. The molecule has 0 spiro atoms. The number of ether oxygens (including phenoxy) is 2. The van der Waals surface area contributed by atoms with Crippen LogP contribution in [-0.2, 0) is 19.1 Å². The summed E-state index contributed by atoms with van der Waals surface area (Å²) in [6.45, 7) is 15.9. The first kappa shape index (κ1) is 53.9. The third-order valence-electron chi connectivity index (χ3n) is 11.8. The van der Waals surface area contributed by atoms with Gasteiger partial charge in [0.25, 0.3) is 0 Å². The van der Waals surface area contributed by atoms with E-state index in [9.17, 15) is 14.7 Å². The van der Waals surface area contributed by atoms with E-state index in [1.165, 1.54) is 148 Å². The van der Waals surface area contributed by atoms with Crippen molar-refractivity contribution in [3.05, 3.63) is 0 Å². The van der Waals surface area contributed by atoms with Crippen LogP contribution in [0.25, 0.3) is 0 Å². The number of hydrogen-bond acceptors (Lipinski definition) is 6. The number of carbonyl (C=O) groups is 2. The lowest BCUT2D eigenvalue weighted by Gasteiger charge is -2.26. The van der Waals surface area contributed by atoms with Gasteiger partial charge in [0, 0.05) is 26.0 Å². The predicted octanol–water partition coefficient (Wildman–Crippen LogP) is 14.3. The number of rotatable bonds is 44. The van der Waals surface area contributed by atoms with Crippen LogP contribution in [0.15, 0.2) is 0 Å². The summed E-state index contributed by atoms with van der Waals surface area (Å²) in [6, 6.07) is 0. The molecule has 6 heteroatoms. The zero-order valence-electron chi connectivity index (χ0n) is 37.9. The summed E-state index contributed by atoms with van der Waals surface area (Å²) in [5.74, 6) is 0.511. The molecule has 0 aromatic carbocycles. The van der Waals surface area contributed by atoms with Crippen molar-refractivity contribution in [3.8, 4) is 0 Å². The molecule has 0 aliphatic heterocycles. The molecule has 6 nitrogen and oxygen atoms in total. The maximum atomic E-state index is 12.6. The molecule has 0 aromatic rings. The van der Waals surface area contributed by atoms with Crippen LogP contribution in [0, 0.1) is 11.3 Å². The maximum absolute atomic E-state index is 12.6. The fourth-order valence-corrected chi connectivity index (χ4v) is 7.77.